The summed E-state index contributed by atoms with van der Waals surface area (Å²) in [6.07, 6.45) is 0.444. The Hall–Kier alpha value is -3.90. The third-order valence-electron chi connectivity index (χ3n) is 7.76. The molecule has 1 aromatic rings. The van der Waals surface area contributed by atoms with Gasteiger partial charge in [0, 0.05) is 32.5 Å². The number of nitrogens with two attached hydrogens (primary N) is 1. The van der Waals surface area contributed by atoms with Crippen LogP contribution in [0.3, 0.4) is 0 Å². The molecule has 12 nitrogen and oxygen atoms in total. The van der Waals surface area contributed by atoms with Gasteiger partial charge in [-0.2, -0.15) is 0 Å². The average Bonchev–Trinajstić information content (AvgIpc) is 2.83. The van der Waals surface area contributed by atoms with E-state index in [-0.39, 0.29) is 42.8 Å². The number of ketones is 2. The van der Waals surface area contributed by atoms with Crippen molar-refractivity contribution in [3.05, 3.63) is 39.7 Å². The molecule has 4 rings (SSSR count). The van der Waals surface area contributed by atoms with Gasteiger partial charge in [-0.25, -0.2) is 4.79 Å². The van der Waals surface area contributed by atoms with Crippen molar-refractivity contribution in [1.82, 2.24) is 4.90 Å². The Bertz CT molecular complexity index is 1330. The van der Waals surface area contributed by atoms with Gasteiger partial charge >= 0.3 is 5.97 Å². The van der Waals surface area contributed by atoms with Gasteiger partial charge in [-0.3, -0.25) is 19.3 Å². The normalized spacial score (nSPS) is 24.4. The molecular weight excluding hydrogens is 510 g/mol. The number of nitrogens with zero attached hydrogens (tertiary/aromatic N) is 2. The second-order valence-corrected chi connectivity index (χ2v) is 10.5. The molecule has 0 bridgehead atoms. The SMILES string of the molecule is COCCOC(=O)c1cc(N(C)C)c2c(c1O)C(O)=C1C(=O)C3C(=O)C(C(N)=O)=C(O)[C@@H](N(C)C)C3CC1C2. The molecule has 0 radical (unpaired) electrons. The Morgan fingerprint density at radius 3 is 2.31 bits per heavy atom. The molecule has 4 atom stereocenters. The first-order valence-corrected chi connectivity index (χ1v) is 12.5. The molecule has 12 heteroatoms. The summed E-state index contributed by atoms with van der Waals surface area (Å²) < 4.78 is 10.1. The smallest absolute Gasteiger partial charge is 0.342 e. The van der Waals surface area contributed by atoms with E-state index in [1.165, 1.54) is 13.2 Å². The first-order valence-electron chi connectivity index (χ1n) is 12.5. The van der Waals surface area contributed by atoms with Gasteiger partial charge in [0.1, 0.15) is 35.0 Å². The van der Waals surface area contributed by atoms with Crippen LogP contribution < -0.4 is 10.6 Å². The minimum atomic E-state index is -1.36. The highest BCUT2D eigenvalue weighted by atomic mass is 16.6. The standard InChI is InChI=1S/C27H33N3O9/c1-29(2)15-10-14(27(37)39-7-6-38-5)21(31)17-12(15)8-11-9-13-18(23(33)16(11)22(17)32)24(34)19(26(28)36)25(35)20(13)30(3)4/h10-11,13,18,20,31-32,35H,6-9H2,1-5H3,(H2,28,36)/t11?,13?,18?,20-/m0/s1. The monoisotopic (exact) mass is 543 g/mol. The largest absolute Gasteiger partial charge is 0.510 e. The lowest BCUT2D eigenvalue weighted by Crippen LogP contribution is -2.55. The second-order valence-electron chi connectivity index (χ2n) is 10.5. The zero-order valence-corrected chi connectivity index (χ0v) is 22.5. The number of phenolic OH excluding ortho intramolecular Hbond substituents is 1. The molecule has 0 spiro atoms. The van der Waals surface area contributed by atoms with E-state index in [0.717, 1.165) is 0 Å². The summed E-state index contributed by atoms with van der Waals surface area (Å²) in [4.78, 5) is 55.4. The molecular formula is C27H33N3O9. The number of amides is 1. The van der Waals surface area contributed by atoms with Gasteiger partial charge in [0.05, 0.1) is 24.1 Å². The number of allylic oxidation sites excluding steroid dienone is 1. The fraction of sp³-hybridized carbons (Fsp3) is 0.481. The maximum Gasteiger partial charge on any atom is 0.342 e. The van der Waals surface area contributed by atoms with Crippen LogP contribution in [0, 0.1) is 17.8 Å². The van der Waals surface area contributed by atoms with E-state index in [4.69, 9.17) is 15.2 Å². The summed E-state index contributed by atoms with van der Waals surface area (Å²) >= 11 is 0. The Morgan fingerprint density at radius 2 is 1.74 bits per heavy atom. The van der Waals surface area contributed by atoms with E-state index in [9.17, 15) is 34.5 Å². The number of aliphatic hydroxyl groups is 2. The number of aliphatic hydroxyl groups excluding tert-OH is 2. The number of rotatable bonds is 7. The van der Waals surface area contributed by atoms with Crippen molar-refractivity contribution >= 4 is 34.9 Å². The molecule has 1 amide bonds. The molecule has 1 aromatic carbocycles. The number of fused-ring (bicyclic) bond motifs is 3. The number of esters is 1. The van der Waals surface area contributed by atoms with Gasteiger partial charge in [-0.15, -0.1) is 0 Å². The van der Waals surface area contributed by atoms with Crippen LogP contribution in [-0.4, -0.2) is 98.2 Å². The molecule has 0 aliphatic heterocycles. The van der Waals surface area contributed by atoms with Crippen molar-refractivity contribution < 1.29 is 44.0 Å². The molecule has 1 saturated carbocycles. The quantitative estimate of drug-likeness (QED) is 0.165. The van der Waals surface area contributed by atoms with Gasteiger partial charge in [0.15, 0.2) is 11.6 Å². The molecule has 39 heavy (non-hydrogen) atoms. The van der Waals surface area contributed by atoms with Crippen LogP contribution in [0.15, 0.2) is 23.0 Å². The number of phenols is 1. The van der Waals surface area contributed by atoms with Gasteiger partial charge in [0.2, 0.25) is 0 Å². The lowest BCUT2D eigenvalue weighted by molar-refractivity contribution is -0.136. The van der Waals surface area contributed by atoms with E-state index in [1.54, 1.807) is 38.0 Å². The molecule has 3 aliphatic rings. The van der Waals surface area contributed by atoms with Gasteiger partial charge < -0.3 is 35.4 Å². The number of methoxy groups -OCH3 is 1. The molecule has 5 N–H and O–H groups in total. The van der Waals surface area contributed by atoms with E-state index >= 15 is 0 Å². The minimum Gasteiger partial charge on any atom is -0.510 e. The lowest BCUT2D eigenvalue weighted by atomic mass is 9.59. The average molecular weight is 544 g/mol. The Labute approximate surface area is 225 Å². The van der Waals surface area contributed by atoms with Crippen molar-refractivity contribution in [3.63, 3.8) is 0 Å². The predicted molar refractivity (Wildman–Crippen MR) is 139 cm³/mol. The number of primary amides is 1. The zero-order valence-electron chi connectivity index (χ0n) is 22.5. The van der Waals surface area contributed by atoms with E-state index < -0.39 is 70.1 Å². The zero-order chi connectivity index (χ0) is 28.9. The van der Waals surface area contributed by atoms with Crippen LogP contribution in [0.2, 0.25) is 0 Å². The summed E-state index contributed by atoms with van der Waals surface area (Å²) in [5.74, 6) is -7.74. The predicted octanol–water partition coefficient (Wildman–Crippen LogP) is 0.718. The number of likely N-dealkylation sites (N-methyl/N-ethyl adjacent to an activating group) is 1. The van der Waals surface area contributed by atoms with Crippen molar-refractivity contribution in [2.75, 3.05) is 53.4 Å². The molecule has 3 aliphatic carbocycles. The van der Waals surface area contributed by atoms with Gasteiger partial charge in [-0.05, 0) is 50.4 Å². The highest BCUT2D eigenvalue weighted by molar-refractivity contribution is 6.28. The third kappa shape index (κ3) is 4.43. The molecule has 0 saturated heterocycles. The van der Waals surface area contributed by atoms with Crippen LogP contribution in [0.25, 0.3) is 5.76 Å². The lowest BCUT2D eigenvalue weighted by Gasteiger charge is -2.46. The van der Waals surface area contributed by atoms with Crippen molar-refractivity contribution in [1.29, 1.82) is 0 Å². The van der Waals surface area contributed by atoms with Crippen molar-refractivity contribution in [3.8, 4) is 5.75 Å². The topological polar surface area (TPSA) is 180 Å². The number of benzene rings is 1. The van der Waals surface area contributed by atoms with Crippen LogP contribution >= 0.6 is 0 Å². The number of carbonyl (C=O) groups excluding carboxylic acids is 4. The number of hydrogen-bond acceptors (Lipinski definition) is 11. The van der Waals surface area contributed by atoms with Crippen molar-refractivity contribution in [2.45, 2.75) is 18.9 Å². The molecule has 0 heterocycles. The molecule has 210 valence electrons. The van der Waals surface area contributed by atoms with Crippen LogP contribution in [0.5, 0.6) is 5.75 Å². The van der Waals surface area contributed by atoms with Crippen molar-refractivity contribution in [2.24, 2.45) is 23.5 Å². The van der Waals surface area contributed by atoms with Crippen LogP contribution in [0.1, 0.15) is 27.9 Å². The Morgan fingerprint density at radius 1 is 1.08 bits per heavy atom. The summed E-state index contributed by atoms with van der Waals surface area (Å²) in [6.45, 7) is 0.0862. The summed E-state index contributed by atoms with van der Waals surface area (Å²) in [5, 5.41) is 33.4. The number of hydrogen-bond donors (Lipinski definition) is 4. The third-order valence-corrected chi connectivity index (χ3v) is 7.76. The maximum absolute atomic E-state index is 13.9. The Balaban J connectivity index is 1.88. The Kier molecular flexibility index (Phi) is 7.46. The highest BCUT2D eigenvalue weighted by Crippen LogP contribution is 2.52. The van der Waals surface area contributed by atoms with E-state index in [0.29, 0.717) is 11.3 Å². The number of ether oxygens (including phenoxy) is 2. The number of anilines is 1. The first-order chi connectivity index (χ1) is 18.3. The molecule has 1 fully saturated rings. The van der Waals surface area contributed by atoms with Crippen LogP contribution in [-0.2, 0) is 30.3 Å². The molecule has 0 aromatic heterocycles. The van der Waals surface area contributed by atoms with Gasteiger partial charge in [0.25, 0.3) is 5.91 Å². The minimum absolute atomic E-state index is 0.0580. The molecule has 3 unspecified atom stereocenters. The fourth-order valence-corrected chi connectivity index (χ4v) is 6.16. The maximum atomic E-state index is 13.9. The van der Waals surface area contributed by atoms with E-state index in [1.807, 2.05) is 0 Å². The van der Waals surface area contributed by atoms with Crippen LogP contribution in [0.4, 0.5) is 5.69 Å². The first kappa shape index (κ1) is 28.1. The number of aromatic hydroxyl groups is 1. The summed E-state index contributed by atoms with van der Waals surface area (Å²) in [5.41, 5.74) is 5.46. The highest BCUT2D eigenvalue weighted by Gasteiger charge is 2.56. The number of Topliss-reactive ketones (excluding diaryl/α,β-unsaturated/α-hetero) is 2. The summed E-state index contributed by atoms with van der Waals surface area (Å²) in [7, 11) is 8.24. The van der Waals surface area contributed by atoms with E-state index in [2.05, 4.69) is 0 Å². The fourth-order valence-electron chi connectivity index (χ4n) is 6.16. The summed E-state index contributed by atoms with van der Waals surface area (Å²) in [6, 6.07) is 0.644. The van der Waals surface area contributed by atoms with Gasteiger partial charge in [-0.1, -0.05) is 0 Å². The second kappa shape index (κ2) is 10.3. The number of carbonyl (C=O) groups is 4.